The van der Waals surface area contributed by atoms with E-state index in [0.717, 1.165) is 18.3 Å². The molecular weight excluding hydrogens is 505 g/mol. The molecule has 0 atom stereocenters. The van der Waals surface area contributed by atoms with Crippen LogP contribution in [-0.4, -0.2) is 61.6 Å². The third-order valence-electron chi connectivity index (χ3n) is 3.79. The van der Waals surface area contributed by atoms with Gasteiger partial charge in [0.05, 0.1) is 18.7 Å². The summed E-state index contributed by atoms with van der Waals surface area (Å²) in [7, 11) is 1.95. The molecule has 0 aliphatic heterocycles. The van der Waals surface area contributed by atoms with Gasteiger partial charge in [0.25, 0.3) is 5.91 Å². The van der Waals surface area contributed by atoms with Gasteiger partial charge in [-0.2, -0.15) is 0 Å². The number of benzene rings is 1. The van der Waals surface area contributed by atoms with Gasteiger partial charge < -0.3 is 20.3 Å². The van der Waals surface area contributed by atoms with Crippen molar-refractivity contribution in [3.63, 3.8) is 0 Å². The molecule has 1 heterocycles. The highest BCUT2D eigenvalue weighted by atomic mass is 127. The molecule has 0 unspecified atom stereocenters. The van der Waals surface area contributed by atoms with E-state index in [0.29, 0.717) is 36.8 Å². The van der Waals surface area contributed by atoms with Crippen molar-refractivity contribution in [1.82, 2.24) is 20.5 Å². The summed E-state index contributed by atoms with van der Waals surface area (Å²) in [5.41, 5.74) is 0.537. The fourth-order valence-corrected chi connectivity index (χ4v) is 2.46. The number of hydrogen-bond acceptors (Lipinski definition) is 4. The highest BCUT2D eigenvalue weighted by Gasteiger charge is 2.07. The van der Waals surface area contributed by atoms with Crippen LogP contribution in [0.1, 0.15) is 17.3 Å². The number of ether oxygens (including phenoxy) is 1. The number of halogens is 2. The topological polar surface area (TPSA) is 78.8 Å². The highest BCUT2D eigenvalue weighted by Crippen LogP contribution is 2.15. The first-order chi connectivity index (χ1) is 13.6. The Kier molecular flexibility index (Phi) is 12.1. The van der Waals surface area contributed by atoms with Gasteiger partial charge in [0.1, 0.15) is 12.4 Å². The zero-order valence-corrected chi connectivity index (χ0v) is 19.7. The Hall–Kier alpha value is -2.07. The number of nitrogens with one attached hydrogen (secondary N) is 2. The van der Waals surface area contributed by atoms with Gasteiger partial charge in [-0.1, -0.05) is 11.6 Å². The van der Waals surface area contributed by atoms with Gasteiger partial charge in [0.2, 0.25) is 0 Å². The molecule has 2 aromatic rings. The lowest BCUT2D eigenvalue weighted by Gasteiger charge is -2.22. The molecule has 9 heteroatoms. The maximum absolute atomic E-state index is 12.0. The van der Waals surface area contributed by atoms with Gasteiger partial charge >= 0.3 is 0 Å². The number of amides is 1. The summed E-state index contributed by atoms with van der Waals surface area (Å²) in [4.78, 5) is 22.5. The number of hydrogen-bond donors (Lipinski definition) is 2. The second-order valence-electron chi connectivity index (χ2n) is 5.96. The lowest BCUT2D eigenvalue weighted by atomic mass is 10.3. The average molecular weight is 532 g/mol. The maximum Gasteiger partial charge on any atom is 0.252 e. The van der Waals surface area contributed by atoms with Crippen LogP contribution in [0.2, 0.25) is 5.02 Å². The Morgan fingerprint density at radius 1 is 1.24 bits per heavy atom. The van der Waals surface area contributed by atoms with Crippen molar-refractivity contribution in [1.29, 1.82) is 0 Å². The van der Waals surface area contributed by atoms with E-state index in [1.54, 1.807) is 30.5 Å². The molecule has 0 fully saturated rings. The number of likely N-dealkylation sites (N-methyl/N-ethyl adjacent to an activating group) is 1. The highest BCUT2D eigenvalue weighted by molar-refractivity contribution is 14.0. The van der Waals surface area contributed by atoms with Crippen LogP contribution in [-0.2, 0) is 0 Å². The number of nitrogens with zero attached hydrogens (tertiary/aromatic N) is 3. The summed E-state index contributed by atoms with van der Waals surface area (Å²) in [5, 5.41) is 6.76. The zero-order valence-electron chi connectivity index (χ0n) is 16.6. The van der Waals surface area contributed by atoms with Crippen LogP contribution in [0.25, 0.3) is 0 Å². The molecule has 29 heavy (non-hydrogen) atoms. The van der Waals surface area contributed by atoms with Crippen molar-refractivity contribution >= 4 is 47.4 Å². The predicted octanol–water partition coefficient (Wildman–Crippen LogP) is 3.06. The van der Waals surface area contributed by atoms with E-state index in [9.17, 15) is 4.79 Å². The number of rotatable bonds is 9. The number of pyridine rings is 1. The Bertz CT molecular complexity index is 759. The number of aromatic nitrogens is 1. The Labute approximate surface area is 193 Å². The van der Waals surface area contributed by atoms with Gasteiger partial charge in [0.15, 0.2) is 5.96 Å². The van der Waals surface area contributed by atoms with Crippen molar-refractivity contribution in [2.75, 3.05) is 39.8 Å². The number of aliphatic imine (C=N–C) groups is 1. The fraction of sp³-hybridized carbons (Fsp3) is 0.350. The first-order valence-electron chi connectivity index (χ1n) is 9.16. The molecule has 0 aliphatic rings. The lowest BCUT2D eigenvalue weighted by Crippen LogP contribution is -2.41. The smallest absolute Gasteiger partial charge is 0.252 e. The summed E-state index contributed by atoms with van der Waals surface area (Å²) in [6.45, 7) is 4.85. The summed E-state index contributed by atoms with van der Waals surface area (Å²) in [6.07, 6.45) is 3.17. The van der Waals surface area contributed by atoms with Crippen LogP contribution in [0.15, 0.2) is 53.8 Å². The summed E-state index contributed by atoms with van der Waals surface area (Å²) in [5.74, 6) is 1.38. The van der Waals surface area contributed by atoms with Crippen LogP contribution >= 0.6 is 35.6 Å². The van der Waals surface area contributed by atoms with Crippen molar-refractivity contribution in [3.05, 3.63) is 59.4 Å². The Morgan fingerprint density at radius 3 is 2.66 bits per heavy atom. The Morgan fingerprint density at radius 2 is 2.00 bits per heavy atom. The molecule has 2 rings (SSSR count). The van der Waals surface area contributed by atoms with Gasteiger partial charge in [-0.25, -0.2) is 0 Å². The third-order valence-corrected chi connectivity index (χ3v) is 4.04. The minimum atomic E-state index is -0.155. The predicted molar refractivity (Wildman–Crippen MR) is 128 cm³/mol. The second-order valence-corrected chi connectivity index (χ2v) is 6.39. The van der Waals surface area contributed by atoms with E-state index in [1.165, 1.54) is 6.20 Å². The van der Waals surface area contributed by atoms with Crippen molar-refractivity contribution in [2.45, 2.75) is 6.92 Å². The van der Waals surface area contributed by atoms with E-state index < -0.39 is 0 Å². The van der Waals surface area contributed by atoms with Crippen LogP contribution in [0.5, 0.6) is 5.75 Å². The molecule has 0 radical (unpaired) electrons. The van der Waals surface area contributed by atoms with Gasteiger partial charge in [0, 0.05) is 37.6 Å². The zero-order chi connectivity index (χ0) is 20.2. The van der Waals surface area contributed by atoms with E-state index in [-0.39, 0.29) is 29.9 Å². The molecule has 1 aromatic heterocycles. The maximum atomic E-state index is 12.0. The Balaban J connectivity index is 0.00000420. The molecule has 1 amide bonds. The summed E-state index contributed by atoms with van der Waals surface area (Å²) in [6, 6.07) is 10.7. The van der Waals surface area contributed by atoms with Crippen LogP contribution in [0.4, 0.5) is 0 Å². The summed E-state index contributed by atoms with van der Waals surface area (Å²) < 4.78 is 5.72. The molecule has 7 nitrogen and oxygen atoms in total. The third kappa shape index (κ3) is 9.31. The molecule has 0 spiro atoms. The number of carbonyl (C=O) groups is 1. The number of carbonyl (C=O) groups excluding carboxylic acids is 1. The first kappa shape index (κ1) is 25.0. The van der Waals surface area contributed by atoms with Crippen molar-refractivity contribution < 1.29 is 9.53 Å². The van der Waals surface area contributed by atoms with Crippen LogP contribution in [0.3, 0.4) is 0 Å². The minimum Gasteiger partial charge on any atom is -0.492 e. The average Bonchev–Trinajstić information content (AvgIpc) is 2.72. The second kappa shape index (κ2) is 14.0. The van der Waals surface area contributed by atoms with Crippen LogP contribution in [0, 0.1) is 0 Å². The van der Waals surface area contributed by atoms with E-state index in [4.69, 9.17) is 16.3 Å². The van der Waals surface area contributed by atoms with E-state index in [2.05, 4.69) is 20.6 Å². The molecular formula is C20H27ClIN5O2. The van der Waals surface area contributed by atoms with Crippen molar-refractivity contribution in [2.24, 2.45) is 4.99 Å². The molecule has 0 bridgehead atoms. The van der Waals surface area contributed by atoms with Crippen molar-refractivity contribution in [3.8, 4) is 5.75 Å². The minimum absolute atomic E-state index is 0. The first-order valence-corrected chi connectivity index (χ1v) is 9.54. The standard InChI is InChI=1S/C20H26ClN5O2.HI/c1-3-23-20(25-12-11-24-19(27)16-5-4-10-22-15-16)26(2)13-14-28-18-8-6-17(21)7-9-18;/h4-10,15H,3,11-14H2,1-2H3,(H,23,25)(H,24,27);1H. The van der Waals surface area contributed by atoms with Gasteiger partial charge in [-0.15, -0.1) is 24.0 Å². The molecule has 158 valence electrons. The van der Waals surface area contributed by atoms with Gasteiger partial charge in [-0.3, -0.25) is 14.8 Å². The normalized spacial score (nSPS) is 10.7. The largest absolute Gasteiger partial charge is 0.492 e. The number of guanidine groups is 1. The molecule has 0 aliphatic carbocycles. The lowest BCUT2D eigenvalue weighted by molar-refractivity contribution is 0.0954. The van der Waals surface area contributed by atoms with E-state index in [1.807, 2.05) is 31.0 Å². The molecule has 1 aromatic carbocycles. The molecule has 0 saturated carbocycles. The molecule has 2 N–H and O–H groups in total. The van der Waals surface area contributed by atoms with Gasteiger partial charge in [-0.05, 0) is 43.3 Å². The molecule has 0 saturated heterocycles. The van der Waals surface area contributed by atoms with Crippen LogP contribution < -0.4 is 15.4 Å². The SMILES string of the molecule is CCNC(=NCCNC(=O)c1cccnc1)N(C)CCOc1ccc(Cl)cc1.I. The fourth-order valence-electron chi connectivity index (χ4n) is 2.34. The quantitative estimate of drug-likeness (QED) is 0.225. The monoisotopic (exact) mass is 531 g/mol. The summed E-state index contributed by atoms with van der Waals surface area (Å²) >= 11 is 5.87. The van der Waals surface area contributed by atoms with E-state index >= 15 is 0 Å².